The van der Waals surface area contributed by atoms with E-state index in [0.717, 1.165) is 52.6 Å². The molecule has 6 nitrogen and oxygen atoms in total. The van der Waals surface area contributed by atoms with E-state index in [0.29, 0.717) is 29.6 Å². The van der Waals surface area contributed by atoms with Gasteiger partial charge in [0.2, 0.25) is 0 Å². The summed E-state index contributed by atoms with van der Waals surface area (Å²) in [4.78, 5) is 27.9. The third-order valence-electron chi connectivity index (χ3n) is 8.87. The zero-order chi connectivity index (χ0) is 28.7. The van der Waals surface area contributed by atoms with Gasteiger partial charge in [0, 0.05) is 4.88 Å². The smallest absolute Gasteiger partial charge is 0.344 e. The second-order valence-electron chi connectivity index (χ2n) is 11.6. The van der Waals surface area contributed by atoms with E-state index in [1.807, 2.05) is 55.5 Å². The summed E-state index contributed by atoms with van der Waals surface area (Å²) in [6.45, 7) is 9.27. The molecule has 0 saturated heterocycles. The van der Waals surface area contributed by atoms with Crippen LogP contribution in [0.2, 0.25) is 0 Å². The van der Waals surface area contributed by atoms with Gasteiger partial charge in [0.1, 0.15) is 11.2 Å². The molecule has 7 heteroatoms. The van der Waals surface area contributed by atoms with Crippen LogP contribution >= 0.6 is 11.3 Å². The van der Waals surface area contributed by atoms with Crippen LogP contribution < -0.4 is 20.1 Å². The summed E-state index contributed by atoms with van der Waals surface area (Å²) >= 11 is 1.72. The Hall–Kier alpha value is -3.84. The number of nitrogens with one attached hydrogen (secondary N) is 2. The summed E-state index contributed by atoms with van der Waals surface area (Å²) in [5.74, 6) is 0.928. The molecule has 41 heavy (non-hydrogen) atoms. The molecular weight excluding hydrogens is 532 g/mol. The summed E-state index contributed by atoms with van der Waals surface area (Å²) in [7, 11) is 0. The molecule has 212 valence electrons. The molecule has 2 atom stereocenters. The lowest BCUT2D eigenvalue weighted by Gasteiger charge is -2.36. The van der Waals surface area contributed by atoms with E-state index in [4.69, 9.17) is 9.47 Å². The van der Waals surface area contributed by atoms with E-state index in [1.165, 1.54) is 10.4 Å². The van der Waals surface area contributed by atoms with Gasteiger partial charge in [-0.3, -0.25) is 4.79 Å². The molecule has 0 unspecified atom stereocenters. The monoisotopic (exact) mass is 568 g/mol. The highest BCUT2D eigenvalue weighted by molar-refractivity contribution is 7.16. The summed E-state index contributed by atoms with van der Waals surface area (Å²) < 4.78 is 11.7. The number of thiophene rings is 1. The van der Waals surface area contributed by atoms with Gasteiger partial charge in [0.05, 0.1) is 17.7 Å². The highest BCUT2D eigenvalue weighted by atomic mass is 32.1. The highest BCUT2D eigenvalue weighted by Gasteiger charge is 2.37. The molecule has 1 aromatic heterocycles. The SMILES string of the molecule is CCOc1cc([C@@H]2NC(=O)c3c(sc4c3CC[C@H](C(C)(C)CC)C4)N2)ccc1OC(=O)c1cccc2ccccc12. The van der Waals surface area contributed by atoms with E-state index in [1.54, 1.807) is 23.5 Å². The third kappa shape index (κ3) is 5.08. The molecule has 3 aromatic carbocycles. The number of hydrogen-bond donors (Lipinski definition) is 2. The van der Waals surface area contributed by atoms with E-state index >= 15 is 0 Å². The molecule has 0 fully saturated rings. The minimum absolute atomic E-state index is 0.0427. The Morgan fingerprint density at radius 1 is 1.02 bits per heavy atom. The number of anilines is 1. The van der Waals surface area contributed by atoms with Crippen molar-refractivity contribution in [1.29, 1.82) is 0 Å². The van der Waals surface area contributed by atoms with Gasteiger partial charge in [0.15, 0.2) is 11.5 Å². The highest BCUT2D eigenvalue weighted by Crippen LogP contribution is 2.47. The lowest BCUT2D eigenvalue weighted by atomic mass is 9.69. The van der Waals surface area contributed by atoms with Gasteiger partial charge >= 0.3 is 5.97 Å². The van der Waals surface area contributed by atoms with Crippen LogP contribution in [-0.4, -0.2) is 18.5 Å². The van der Waals surface area contributed by atoms with Gasteiger partial charge in [-0.25, -0.2) is 4.79 Å². The number of fused-ring (bicyclic) bond motifs is 4. The molecule has 1 amide bonds. The van der Waals surface area contributed by atoms with Crippen molar-refractivity contribution in [3.8, 4) is 11.5 Å². The van der Waals surface area contributed by atoms with Gasteiger partial charge < -0.3 is 20.1 Å². The van der Waals surface area contributed by atoms with Crippen molar-refractivity contribution in [2.45, 2.75) is 59.5 Å². The van der Waals surface area contributed by atoms with Crippen molar-refractivity contribution in [3.63, 3.8) is 0 Å². The second-order valence-corrected chi connectivity index (χ2v) is 12.7. The Bertz CT molecular complexity index is 1630. The first-order chi connectivity index (χ1) is 19.8. The lowest BCUT2D eigenvalue weighted by Crippen LogP contribution is -2.38. The fraction of sp³-hybridized carbons (Fsp3) is 0.353. The fourth-order valence-electron chi connectivity index (χ4n) is 6.04. The number of carbonyl (C=O) groups is 2. The molecule has 0 saturated carbocycles. The number of rotatable bonds is 7. The molecule has 6 rings (SSSR count). The Kier molecular flexibility index (Phi) is 7.24. The maximum absolute atomic E-state index is 13.4. The first-order valence-electron chi connectivity index (χ1n) is 14.5. The second kappa shape index (κ2) is 10.9. The van der Waals surface area contributed by atoms with E-state index in [9.17, 15) is 9.59 Å². The largest absolute Gasteiger partial charge is 0.490 e. The van der Waals surface area contributed by atoms with Crippen LogP contribution in [0.15, 0.2) is 60.7 Å². The molecule has 2 N–H and O–H groups in total. The van der Waals surface area contributed by atoms with Crippen molar-refractivity contribution in [1.82, 2.24) is 5.32 Å². The maximum atomic E-state index is 13.4. The predicted molar refractivity (Wildman–Crippen MR) is 164 cm³/mol. The number of esters is 1. The van der Waals surface area contributed by atoms with Gasteiger partial charge in [-0.1, -0.05) is 69.7 Å². The molecule has 1 aliphatic heterocycles. The fourth-order valence-corrected chi connectivity index (χ4v) is 7.39. The first-order valence-corrected chi connectivity index (χ1v) is 15.3. The van der Waals surface area contributed by atoms with Gasteiger partial charge in [-0.2, -0.15) is 0 Å². The number of carbonyl (C=O) groups excluding carboxylic acids is 2. The van der Waals surface area contributed by atoms with Crippen molar-refractivity contribution in [2.75, 3.05) is 11.9 Å². The first kappa shape index (κ1) is 27.3. The zero-order valence-corrected chi connectivity index (χ0v) is 24.8. The molecule has 1 aliphatic carbocycles. The van der Waals surface area contributed by atoms with Crippen LogP contribution in [-0.2, 0) is 12.8 Å². The molecular formula is C34H36N2O4S. The number of ether oxygens (including phenoxy) is 2. The van der Waals surface area contributed by atoms with Crippen LogP contribution in [0.1, 0.15) is 83.4 Å². The Labute approximate surface area is 245 Å². The van der Waals surface area contributed by atoms with Gasteiger partial charge in [-0.05, 0) is 77.6 Å². The lowest BCUT2D eigenvalue weighted by molar-refractivity contribution is 0.0730. The van der Waals surface area contributed by atoms with Crippen molar-refractivity contribution >= 4 is 39.0 Å². The minimum atomic E-state index is -0.446. The topological polar surface area (TPSA) is 76.7 Å². The van der Waals surface area contributed by atoms with Crippen LogP contribution in [0.25, 0.3) is 10.8 Å². The number of benzene rings is 3. The van der Waals surface area contributed by atoms with Crippen molar-refractivity contribution in [2.24, 2.45) is 11.3 Å². The summed E-state index contributed by atoms with van der Waals surface area (Å²) in [6, 6.07) is 18.8. The molecule has 0 radical (unpaired) electrons. The molecule has 2 aliphatic rings. The molecule has 2 heterocycles. The van der Waals surface area contributed by atoms with Crippen LogP contribution in [0, 0.1) is 11.3 Å². The predicted octanol–water partition coefficient (Wildman–Crippen LogP) is 7.91. The Balaban J connectivity index is 1.25. The van der Waals surface area contributed by atoms with Crippen molar-refractivity contribution in [3.05, 3.63) is 87.8 Å². The maximum Gasteiger partial charge on any atom is 0.344 e. The average molecular weight is 569 g/mol. The van der Waals surface area contributed by atoms with Gasteiger partial charge in [-0.15, -0.1) is 11.3 Å². The minimum Gasteiger partial charge on any atom is -0.490 e. The van der Waals surface area contributed by atoms with Crippen LogP contribution in [0.3, 0.4) is 0 Å². The van der Waals surface area contributed by atoms with Crippen LogP contribution in [0.5, 0.6) is 11.5 Å². The number of hydrogen-bond acceptors (Lipinski definition) is 6. The van der Waals surface area contributed by atoms with E-state index < -0.39 is 12.1 Å². The van der Waals surface area contributed by atoms with E-state index in [2.05, 4.69) is 31.4 Å². The molecule has 0 spiro atoms. The molecule has 4 aromatic rings. The summed E-state index contributed by atoms with van der Waals surface area (Å²) in [5, 5.41) is 9.46. The van der Waals surface area contributed by atoms with E-state index in [-0.39, 0.29) is 11.3 Å². The third-order valence-corrected chi connectivity index (χ3v) is 10.1. The quantitative estimate of drug-likeness (QED) is 0.175. The molecule has 0 bridgehead atoms. The van der Waals surface area contributed by atoms with Crippen LogP contribution in [0.4, 0.5) is 5.00 Å². The Morgan fingerprint density at radius 2 is 1.83 bits per heavy atom. The Morgan fingerprint density at radius 3 is 2.63 bits per heavy atom. The number of amides is 1. The summed E-state index contributed by atoms with van der Waals surface area (Å²) in [6.07, 6.45) is 3.82. The van der Waals surface area contributed by atoms with Gasteiger partial charge in [0.25, 0.3) is 5.91 Å². The standard InChI is InChI=1S/C34H36N2O4S/c1-5-34(3,4)22-15-16-25-28(19-22)41-32-29(25)31(37)35-30(36-32)21-14-17-26(27(18-21)39-6-2)40-33(38)24-13-9-11-20-10-7-8-12-23(20)24/h7-14,17-18,22,30,36H,5-6,15-16,19H2,1-4H3,(H,35,37)/t22-,30+/m0/s1. The average Bonchev–Trinajstić information content (AvgIpc) is 3.36. The van der Waals surface area contributed by atoms with Crippen molar-refractivity contribution < 1.29 is 19.1 Å². The normalized spacial score (nSPS) is 18.2. The summed E-state index contributed by atoms with van der Waals surface area (Å²) in [5.41, 5.74) is 3.62. The zero-order valence-electron chi connectivity index (χ0n) is 24.0.